The van der Waals surface area contributed by atoms with Crippen LogP contribution in [0.5, 0.6) is 11.5 Å². The van der Waals surface area contributed by atoms with E-state index in [0.29, 0.717) is 30.5 Å². The largest absolute Gasteiger partial charge is 0.493 e. The maximum atomic E-state index is 5.29. The number of nitrogens with zero attached hydrogens (tertiary/aromatic N) is 4. The van der Waals surface area contributed by atoms with Gasteiger partial charge in [0.15, 0.2) is 17.3 Å². The van der Waals surface area contributed by atoms with Crippen molar-refractivity contribution in [1.82, 2.24) is 25.5 Å². The molecular formula is C13H19N5O3. The van der Waals surface area contributed by atoms with Crippen LogP contribution in [0.3, 0.4) is 0 Å². The summed E-state index contributed by atoms with van der Waals surface area (Å²) in [6, 6.07) is 5.52. The minimum atomic E-state index is 0.546. The van der Waals surface area contributed by atoms with Gasteiger partial charge in [0.05, 0.1) is 33.1 Å². The van der Waals surface area contributed by atoms with Gasteiger partial charge in [-0.25, -0.2) is 0 Å². The van der Waals surface area contributed by atoms with Gasteiger partial charge in [0.1, 0.15) is 0 Å². The molecule has 0 saturated heterocycles. The first kappa shape index (κ1) is 15.2. The van der Waals surface area contributed by atoms with Crippen molar-refractivity contribution in [1.29, 1.82) is 0 Å². The van der Waals surface area contributed by atoms with Gasteiger partial charge in [0.25, 0.3) is 0 Å². The van der Waals surface area contributed by atoms with Gasteiger partial charge in [0, 0.05) is 19.7 Å². The highest BCUT2D eigenvalue weighted by molar-refractivity contribution is 5.48. The van der Waals surface area contributed by atoms with E-state index in [1.54, 1.807) is 26.0 Å². The van der Waals surface area contributed by atoms with Gasteiger partial charge in [-0.2, -0.15) is 4.68 Å². The molecule has 2 aromatic rings. The normalized spacial score (nSPS) is 10.6. The number of hydrogen-bond acceptors (Lipinski definition) is 7. The minimum Gasteiger partial charge on any atom is -0.493 e. The van der Waals surface area contributed by atoms with Crippen LogP contribution in [0.15, 0.2) is 18.2 Å². The predicted octanol–water partition coefficient (Wildman–Crippen LogP) is 0.416. The molecular weight excluding hydrogens is 274 g/mol. The van der Waals surface area contributed by atoms with E-state index >= 15 is 0 Å². The molecule has 21 heavy (non-hydrogen) atoms. The van der Waals surface area contributed by atoms with Gasteiger partial charge in [-0.1, -0.05) is 0 Å². The molecule has 0 saturated carbocycles. The van der Waals surface area contributed by atoms with Crippen molar-refractivity contribution in [2.75, 3.05) is 34.5 Å². The molecule has 0 spiro atoms. The number of rotatable bonds is 8. The van der Waals surface area contributed by atoms with E-state index in [1.807, 2.05) is 18.2 Å². The molecule has 8 heteroatoms. The van der Waals surface area contributed by atoms with Crippen LogP contribution in [0.4, 0.5) is 0 Å². The molecule has 0 aliphatic rings. The summed E-state index contributed by atoms with van der Waals surface area (Å²) in [7, 11) is 4.85. The van der Waals surface area contributed by atoms with E-state index in [0.717, 1.165) is 12.2 Å². The Hall–Kier alpha value is -2.19. The molecule has 1 aromatic carbocycles. The lowest BCUT2D eigenvalue weighted by Crippen LogP contribution is -2.21. The molecule has 0 unspecified atom stereocenters. The van der Waals surface area contributed by atoms with E-state index in [4.69, 9.17) is 14.2 Å². The highest BCUT2D eigenvalue weighted by atomic mass is 16.5. The van der Waals surface area contributed by atoms with Gasteiger partial charge < -0.3 is 19.5 Å². The van der Waals surface area contributed by atoms with Crippen LogP contribution in [-0.2, 0) is 11.3 Å². The molecule has 8 nitrogen and oxygen atoms in total. The molecule has 1 heterocycles. The summed E-state index contributed by atoms with van der Waals surface area (Å²) in [6.45, 7) is 1.91. The lowest BCUT2D eigenvalue weighted by Gasteiger charge is -2.10. The molecule has 0 atom stereocenters. The second kappa shape index (κ2) is 7.55. The van der Waals surface area contributed by atoms with Gasteiger partial charge in [-0.15, -0.1) is 5.10 Å². The Labute approximate surface area is 123 Å². The molecule has 0 radical (unpaired) electrons. The van der Waals surface area contributed by atoms with Crippen LogP contribution in [0, 0.1) is 0 Å². The number of ether oxygens (including phenoxy) is 3. The second-order valence-electron chi connectivity index (χ2n) is 4.22. The van der Waals surface area contributed by atoms with Crippen molar-refractivity contribution < 1.29 is 14.2 Å². The van der Waals surface area contributed by atoms with Crippen molar-refractivity contribution in [2.45, 2.75) is 6.54 Å². The van der Waals surface area contributed by atoms with Gasteiger partial charge in [-0.05, 0) is 22.6 Å². The molecule has 0 bridgehead atoms. The molecule has 0 fully saturated rings. The molecule has 0 amide bonds. The zero-order valence-corrected chi connectivity index (χ0v) is 12.4. The first-order chi connectivity index (χ1) is 10.3. The molecule has 114 valence electrons. The summed E-state index contributed by atoms with van der Waals surface area (Å²) in [6.07, 6.45) is 0. The summed E-state index contributed by atoms with van der Waals surface area (Å²) in [5, 5.41) is 14.9. The standard InChI is InChI=1S/C13H19N5O3/c1-19-7-6-14-9-13-15-16-17-18(13)10-4-5-11(20-2)12(8-10)21-3/h4-5,8,14H,6-7,9H2,1-3H3. The fourth-order valence-corrected chi connectivity index (χ4v) is 1.85. The highest BCUT2D eigenvalue weighted by Crippen LogP contribution is 2.28. The Bertz CT molecular complexity index is 573. The number of nitrogens with one attached hydrogen (secondary N) is 1. The predicted molar refractivity (Wildman–Crippen MR) is 75.8 cm³/mol. The minimum absolute atomic E-state index is 0.546. The Kier molecular flexibility index (Phi) is 5.47. The fourth-order valence-electron chi connectivity index (χ4n) is 1.85. The Morgan fingerprint density at radius 1 is 1.14 bits per heavy atom. The number of aromatic nitrogens is 4. The number of hydrogen-bond donors (Lipinski definition) is 1. The van der Waals surface area contributed by atoms with Crippen LogP contribution in [0.2, 0.25) is 0 Å². The summed E-state index contributed by atoms with van der Waals surface area (Å²) >= 11 is 0. The summed E-state index contributed by atoms with van der Waals surface area (Å²) < 4.78 is 17.1. The van der Waals surface area contributed by atoms with Gasteiger partial charge in [0.2, 0.25) is 0 Å². The van der Waals surface area contributed by atoms with E-state index in [1.165, 1.54) is 0 Å². The molecule has 0 aliphatic carbocycles. The van der Waals surface area contributed by atoms with Crippen molar-refractivity contribution in [3.63, 3.8) is 0 Å². The third kappa shape index (κ3) is 3.67. The summed E-state index contributed by atoms with van der Waals surface area (Å²) in [5.74, 6) is 2.00. The Balaban J connectivity index is 2.16. The van der Waals surface area contributed by atoms with E-state index in [-0.39, 0.29) is 0 Å². The fraction of sp³-hybridized carbons (Fsp3) is 0.462. The van der Waals surface area contributed by atoms with E-state index in [9.17, 15) is 0 Å². The SMILES string of the molecule is COCCNCc1nnnn1-c1ccc(OC)c(OC)c1. The average Bonchev–Trinajstić information content (AvgIpc) is 2.99. The lowest BCUT2D eigenvalue weighted by molar-refractivity contribution is 0.199. The first-order valence-corrected chi connectivity index (χ1v) is 6.49. The van der Waals surface area contributed by atoms with Gasteiger partial charge >= 0.3 is 0 Å². The van der Waals surface area contributed by atoms with Crippen molar-refractivity contribution in [2.24, 2.45) is 0 Å². The van der Waals surface area contributed by atoms with Crippen molar-refractivity contribution >= 4 is 0 Å². The number of benzene rings is 1. The second-order valence-corrected chi connectivity index (χ2v) is 4.22. The van der Waals surface area contributed by atoms with Crippen LogP contribution in [0.1, 0.15) is 5.82 Å². The number of tetrazole rings is 1. The maximum absolute atomic E-state index is 5.29. The van der Waals surface area contributed by atoms with E-state index < -0.39 is 0 Å². The maximum Gasteiger partial charge on any atom is 0.170 e. The highest BCUT2D eigenvalue weighted by Gasteiger charge is 2.11. The van der Waals surface area contributed by atoms with Crippen LogP contribution < -0.4 is 14.8 Å². The van der Waals surface area contributed by atoms with Crippen LogP contribution in [0.25, 0.3) is 5.69 Å². The van der Waals surface area contributed by atoms with Crippen LogP contribution >= 0.6 is 0 Å². The first-order valence-electron chi connectivity index (χ1n) is 6.49. The van der Waals surface area contributed by atoms with Crippen molar-refractivity contribution in [3.8, 4) is 17.2 Å². The summed E-state index contributed by atoms with van der Waals surface area (Å²) in [4.78, 5) is 0. The van der Waals surface area contributed by atoms with Gasteiger partial charge in [-0.3, -0.25) is 0 Å². The van der Waals surface area contributed by atoms with Crippen LogP contribution in [-0.4, -0.2) is 54.7 Å². The molecule has 1 N–H and O–H groups in total. The number of methoxy groups -OCH3 is 3. The van der Waals surface area contributed by atoms with Crippen molar-refractivity contribution in [3.05, 3.63) is 24.0 Å². The zero-order valence-electron chi connectivity index (χ0n) is 12.4. The molecule has 1 aromatic heterocycles. The monoisotopic (exact) mass is 293 g/mol. The third-order valence-corrected chi connectivity index (χ3v) is 2.91. The van der Waals surface area contributed by atoms with E-state index in [2.05, 4.69) is 20.8 Å². The molecule has 0 aliphatic heterocycles. The molecule has 2 rings (SSSR count). The topological polar surface area (TPSA) is 83.3 Å². The quantitative estimate of drug-likeness (QED) is 0.706. The Morgan fingerprint density at radius 2 is 1.95 bits per heavy atom. The summed E-state index contributed by atoms with van der Waals surface area (Å²) in [5.41, 5.74) is 0.807. The zero-order chi connectivity index (χ0) is 15.1. The third-order valence-electron chi connectivity index (χ3n) is 2.91. The smallest absolute Gasteiger partial charge is 0.170 e. The lowest BCUT2D eigenvalue weighted by atomic mass is 10.2. The average molecular weight is 293 g/mol. The Morgan fingerprint density at radius 3 is 2.67 bits per heavy atom.